The van der Waals surface area contributed by atoms with E-state index in [4.69, 9.17) is 10.5 Å². The highest BCUT2D eigenvalue weighted by atomic mass is 19.4. The summed E-state index contributed by atoms with van der Waals surface area (Å²) in [6.45, 7) is 1.19. The summed E-state index contributed by atoms with van der Waals surface area (Å²) in [5.74, 6) is -6.60. The summed E-state index contributed by atoms with van der Waals surface area (Å²) in [7, 11) is 1.85. The lowest BCUT2D eigenvalue weighted by Gasteiger charge is -2.33. The number of aromatic nitrogens is 2. The number of fused-ring (bicyclic) bond motifs is 1. The van der Waals surface area contributed by atoms with Crippen LogP contribution in [0.2, 0.25) is 0 Å². The number of hydrogen-bond donors (Lipinski definition) is 2. The van der Waals surface area contributed by atoms with E-state index in [1.807, 2.05) is 11.9 Å². The summed E-state index contributed by atoms with van der Waals surface area (Å²) in [5, 5.41) is 13.7. The third kappa shape index (κ3) is 3.94. The van der Waals surface area contributed by atoms with Crippen LogP contribution in [-0.2, 0) is 10.9 Å². The maximum absolute atomic E-state index is 14.7. The van der Waals surface area contributed by atoms with Gasteiger partial charge in [0.25, 0.3) is 5.91 Å². The molecule has 2 heterocycles. The number of hydrogen-bond acceptors (Lipinski definition) is 5. The van der Waals surface area contributed by atoms with Gasteiger partial charge >= 0.3 is 6.18 Å². The molecule has 1 aromatic heterocycles. The Bertz CT molecular complexity index is 1240. The van der Waals surface area contributed by atoms with Crippen molar-refractivity contribution in [2.45, 2.75) is 25.1 Å². The first kappa shape index (κ1) is 22.8. The lowest BCUT2D eigenvalue weighted by molar-refractivity contribution is -0.140. The second-order valence-electron chi connectivity index (χ2n) is 7.70. The number of nitrogens with zero attached hydrogens (tertiary/aromatic N) is 3. The van der Waals surface area contributed by atoms with Gasteiger partial charge in [-0.2, -0.15) is 18.3 Å². The molecule has 0 bridgehead atoms. The molecule has 0 saturated carbocycles. The molecule has 7 nitrogen and oxygen atoms in total. The van der Waals surface area contributed by atoms with Crippen molar-refractivity contribution < 1.29 is 36.6 Å². The third-order valence-electron chi connectivity index (χ3n) is 5.73. The summed E-state index contributed by atoms with van der Waals surface area (Å²) in [6.07, 6.45) is -3.66. The van der Waals surface area contributed by atoms with Crippen molar-refractivity contribution in [2.75, 3.05) is 25.2 Å². The van der Waals surface area contributed by atoms with Gasteiger partial charge in [0.05, 0.1) is 11.1 Å². The minimum Gasteiger partial charge on any atom is -0.503 e. The van der Waals surface area contributed by atoms with Crippen molar-refractivity contribution >= 4 is 22.5 Å². The minimum absolute atomic E-state index is 0.0472. The predicted octanol–water partition coefficient (Wildman–Crippen LogP) is 3.74. The van der Waals surface area contributed by atoms with E-state index in [0.717, 1.165) is 12.8 Å². The number of amides is 1. The van der Waals surface area contributed by atoms with Crippen molar-refractivity contribution in [3.05, 3.63) is 47.2 Å². The van der Waals surface area contributed by atoms with Crippen LogP contribution < -0.4 is 10.6 Å². The molecular formula is C21H19F5N4O3. The number of benzene rings is 2. The van der Waals surface area contributed by atoms with E-state index in [1.165, 1.54) is 6.07 Å². The van der Waals surface area contributed by atoms with Gasteiger partial charge in [-0.3, -0.25) is 4.79 Å². The molecule has 0 radical (unpaired) electrons. The van der Waals surface area contributed by atoms with Crippen molar-refractivity contribution in [3.63, 3.8) is 0 Å². The SMILES string of the molecule is CN(c1ccc2c(c1)c(C(N)=O)nn2-c1cc(C(F)(F)F)c(F)c(O)c1F)C1CCOCC1. The molecule has 33 heavy (non-hydrogen) atoms. The first-order valence-corrected chi connectivity index (χ1v) is 9.92. The number of primary amides is 1. The quantitative estimate of drug-likeness (QED) is 0.567. The first-order chi connectivity index (χ1) is 15.5. The van der Waals surface area contributed by atoms with Crippen molar-refractivity contribution in [3.8, 4) is 11.4 Å². The minimum atomic E-state index is -5.21. The standard InChI is InChI=1S/C21H19F5N4O3/c1-29(10-4-6-33-7-5-10)11-2-3-14-12(8-11)18(20(27)32)28-30(14)15-9-13(21(24,25)26)16(22)19(31)17(15)23/h2-3,8-10,31H,4-7H2,1H3,(H2,27,32). The summed E-state index contributed by atoms with van der Waals surface area (Å²) in [5.41, 5.74) is 3.05. The number of aromatic hydroxyl groups is 1. The highest BCUT2D eigenvalue weighted by Crippen LogP contribution is 2.39. The molecular weight excluding hydrogens is 451 g/mol. The monoisotopic (exact) mass is 470 g/mol. The van der Waals surface area contributed by atoms with Gasteiger partial charge in [0.2, 0.25) is 0 Å². The van der Waals surface area contributed by atoms with E-state index in [1.54, 1.807) is 12.1 Å². The Morgan fingerprint density at radius 2 is 1.88 bits per heavy atom. The second kappa shape index (κ2) is 8.18. The zero-order valence-corrected chi connectivity index (χ0v) is 17.3. The van der Waals surface area contributed by atoms with E-state index in [9.17, 15) is 31.9 Å². The Hall–Kier alpha value is -3.41. The highest BCUT2D eigenvalue weighted by Gasteiger charge is 2.38. The maximum Gasteiger partial charge on any atom is 0.419 e. The van der Waals surface area contributed by atoms with Crippen molar-refractivity contribution in [1.82, 2.24) is 9.78 Å². The Morgan fingerprint density at radius 1 is 1.21 bits per heavy atom. The average molecular weight is 470 g/mol. The van der Waals surface area contributed by atoms with Crippen LogP contribution in [0.4, 0.5) is 27.6 Å². The summed E-state index contributed by atoms with van der Waals surface area (Å²) >= 11 is 0. The van der Waals surface area contributed by atoms with Crippen LogP contribution >= 0.6 is 0 Å². The number of carbonyl (C=O) groups excluding carboxylic acids is 1. The summed E-state index contributed by atoms with van der Waals surface area (Å²) < 4.78 is 74.3. The molecule has 3 N–H and O–H groups in total. The van der Waals surface area contributed by atoms with E-state index >= 15 is 0 Å². The van der Waals surface area contributed by atoms with Gasteiger partial charge in [-0.1, -0.05) is 0 Å². The molecule has 1 amide bonds. The fraction of sp³-hybridized carbons (Fsp3) is 0.333. The van der Waals surface area contributed by atoms with Gasteiger partial charge in [-0.15, -0.1) is 0 Å². The van der Waals surface area contributed by atoms with E-state index < -0.39 is 40.7 Å². The van der Waals surface area contributed by atoms with Crippen LogP contribution in [0.3, 0.4) is 0 Å². The molecule has 1 aliphatic rings. The van der Waals surface area contributed by atoms with Gasteiger partial charge in [-0.25, -0.2) is 13.5 Å². The number of halogens is 5. The number of ether oxygens (including phenoxy) is 1. The first-order valence-electron chi connectivity index (χ1n) is 9.92. The zero-order chi connectivity index (χ0) is 24.1. The van der Waals surface area contributed by atoms with E-state index in [2.05, 4.69) is 5.10 Å². The number of rotatable bonds is 4. The van der Waals surface area contributed by atoms with Crippen LogP contribution in [0.1, 0.15) is 28.9 Å². The molecule has 0 unspecified atom stereocenters. The molecule has 1 saturated heterocycles. The van der Waals surface area contributed by atoms with Gasteiger partial charge in [0.1, 0.15) is 5.69 Å². The average Bonchev–Trinajstić information content (AvgIpc) is 3.16. The molecule has 176 valence electrons. The molecule has 12 heteroatoms. The van der Waals surface area contributed by atoms with Gasteiger partial charge < -0.3 is 20.5 Å². The molecule has 0 spiro atoms. The van der Waals surface area contributed by atoms with Crippen LogP contribution in [0.5, 0.6) is 5.75 Å². The fourth-order valence-electron chi connectivity index (χ4n) is 3.94. The topological polar surface area (TPSA) is 93.6 Å². The number of phenolic OH excluding ortho intramolecular Hbond substituents is 1. The molecule has 2 aromatic carbocycles. The van der Waals surface area contributed by atoms with Crippen LogP contribution in [0.25, 0.3) is 16.6 Å². The number of phenols is 1. The second-order valence-corrected chi connectivity index (χ2v) is 7.70. The predicted molar refractivity (Wildman–Crippen MR) is 108 cm³/mol. The smallest absolute Gasteiger partial charge is 0.419 e. The fourth-order valence-corrected chi connectivity index (χ4v) is 3.94. The molecule has 0 aliphatic carbocycles. The Morgan fingerprint density at radius 3 is 2.48 bits per heavy atom. The van der Waals surface area contributed by atoms with Crippen LogP contribution in [0.15, 0.2) is 24.3 Å². The number of carbonyl (C=O) groups is 1. The van der Waals surface area contributed by atoms with Crippen LogP contribution in [0, 0.1) is 11.6 Å². The summed E-state index contributed by atoms with van der Waals surface area (Å²) in [6, 6.07) is 4.98. The largest absolute Gasteiger partial charge is 0.503 e. The number of alkyl halides is 3. The summed E-state index contributed by atoms with van der Waals surface area (Å²) in [4.78, 5) is 14.0. The molecule has 1 aliphatic heterocycles. The van der Waals surface area contributed by atoms with Gasteiger partial charge in [-0.05, 0) is 37.1 Å². The van der Waals surface area contributed by atoms with Crippen molar-refractivity contribution in [2.24, 2.45) is 5.73 Å². The molecule has 1 fully saturated rings. The van der Waals surface area contributed by atoms with Gasteiger partial charge in [0, 0.05) is 37.4 Å². The molecule has 3 aromatic rings. The number of nitrogens with two attached hydrogens (primary N) is 1. The third-order valence-corrected chi connectivity index (χ3v) is 5.73. The zero-order valence-electron chi connectivity index (χ0n) is 17.3. The Balaban J connectivity index is 1.90. The molecule has 0 atom stereocenters. The lowest BCUT2D eigenvalue weighted by atomic mass is 10.1. The maximum atomic E-state index is 14.7. The lowest BCUT2D eigenvalue weighted by Crippen LogP contribution is -2.36. The van der Waals surface area contributed by atoms with Gasteiger partial charge in [0.15, 0.2) is 23.1 Å². The van der Waals surface area contributed by atoms with Crippen molar-refractivity contribution in [1.29, 1.82) is 0 Å². The number of anilines is 1. The highest BCUT2D eigenvalue weighted by molar-refractivity contribution is 6.05. The van der Waals surface area contributed by atoms with Crippen LogP contribution in [-0.4, -0.2) is 47.1 Å². The Labute approximate surface area is 184 Å². The normalized spacial score (nSPS) is 15.2. The van der Waals surface area contributed by atoms with E-state index in [-0.39, 0.29) is 28.7 Å². The van der Waals surface area contributed by atoms with E-state index in [0.29, 0.717) is 23.6 Å². The Kier molecular flexibility index (Phi) is 5.64. The molecule has 4 rings (SSSR count).